The third-order valence-corrected chi connectivity index (χ3v) is 2.29. The lowest BCUT2D eigenvalue weighted by Gasteiger charge is -2.30. The van der Waals surface area contributed by atoms with Crippen molar-refractivity contribution in [2.24, 2.45) is 5.73 Å². The van der Waals surface area contributed by atoms with Crippen LogP contribution in [0.2, 0.25) is 0 Å². The fraction of sp³-hybridized carbons (Fsp3) is 0.875. The lowest BCUT2D eigenvalue weighted by molar-refractivity contribution is -0.124. The second kappa shape index (κ2) is 3.22. The molecular formula is C8H15NO2. The first-order chi connectivity index (χ1) is 5.12. The summed E-state index contributed by atoms with van der Waals surface area (Å²) in [6, 6.07) is 0. The molecule has 1 aliphatic rings. The molecule has 11 heavy (non-hydrogen) atoms. The first-order valence-electron chi connectivity index (χ1n) is 4.13. The molecule has 0 atom stereocenters. The van der Waals surface area contributed by atoms with Crippen LogP contribution in [-0.4, -0.2) is 16.6 Å². The highest BCUT2D eigenvalue weighted by Crippen LogP contribution is 2.30. The molecule has 0 bridgehead atoms. The van der Waals surface area contributed by atoms with Crippen molar-refractivity contribution in [3.05, 3.63) is 0 Å². The third kappa shape index (κ3) is 2.50. The topological polar surface area (TPSA) is 63.3 Å². The normalized spacial score (nSPS) is 23.0. The van der Waals surface area contributed by atoms with Crippen LogP contribution in [-0.2, 0) is 4.79 Å². The molecule has 1 amide bonds. The zero-order valence-electron chi connectivity index (χ0n) is 6.68. The van der Waals surface area contributed by atoms with Crippen molar-refractivity contribution in [2.45, 2.75) is 44.1 Å². The molecule has 1 rings (SSSR count). The largest absolute Gasteiger partial charge is 0.389 e. The molecule has 0 saturated heterocycles. The maximum atomic E-state index is 10.5. The van der Waals surface area contributed by atoms with Crippen molar-refractivity contribution in [2.75, 3.05) is 0 Å². The smallest absolute Gasteiger partial charge is 0.220 e. The Bertz CT molecular complexity index is 150. The quantitative estimate of drug-likeness (QED) is 0.615. The summed E-state index contributed by atoms with van der Waals surface area (Å²) in [6.45, 7) is 0. The van der Waals surface area contributed by atoms with Gasteiger partial charge in [0.15, 0.2) is 0 Å². The van der Waals surface area contributed by atoms with Crippen LogP contribution in [0.4, 0.5) is 0 Å². The molecule has 64 valence electrons. The van der Waals surface area contributed by atoms with E-state index < -0.39 is 11.5 Å². The van der Waals surface area contributed by atoms with Crippen molar-refractivity contribution >= 4 is 5.91 Å². The predicted octanol–water partition coefficient (Wildman–Crippen LogP) is 0.557. The average molecular weight is 157 g/mol. The van der Waals surface area contributed by atoms with Crippen molar-refractivity contribution in [3.63, 3.8) is 0 Å². The molecule has 1 saturated carbocycles. The van der Waals surface area contributed by atoms with Gasteiger partial charge in [0, 0.05) is 0 Å². The summed E-state index contributed by atoms with van der Waals surface area (Å²) in [5.74, 6) is -0.394. The molecule has 1 fully saturated rings. The minimum absolute atomic E-state index is 0.132. The Labute approximate surface area is 66.6 Å². The van der Waals surface area contributed by atoms with Crippen LogP contribution in [0.3, 0.4) is 0 Å². The summed E-state index contributed by atoms with van der Waals surface area (Å²) in [4.78, 5) is 10.5. The van der Waals surface area contributed by atoms with Crippen LogP contribution in [0.25, 0.3) is 0 Å². The molecule has 1 aliphatic carbocycles. The summed E-state index contributed by atoms with van der Waals surface area (Å²) < 4.78 is 0. The number of aliphatic hydroxyl groups is 1. The fourth-order valence-electron chi connectivity index (χ4n) is 1.71. The van der Waals surface area contributed by atoms with Gasteiger partial charge in [-0.25, -0.2) is 0 Å². The zero-order valence-corrected chi connectivity index (χ0v) is 6.68. The molecule has 0 spiro atoms. The maximum absolute atomic E-state index is 10.5. The number of amides is 1. The molecule has 3 nitrogen and oxygen atoms in total. The highest BCUT2D eigenvalue weighted by molar-refractivity contribution is 5.74. The van der Waals surface area contributed by atoms with E-state index in [1.165, 1.54) is 6.42 Å². The number of rotatable bonds is 2. The van der Waals surface area contributed by atoms with Gasteiger partial charge in [0.05, 0.1) is 12.0 Å². The third-order valence-electron chi connectivity index (χ3n) is 2.29. The highest BCUT2D eigenvalue weighted by Gasteiger charge is 2.30. The lowest BCUT2D eigenvalue weighted by atomic mass is 9.82. The molecule has 3 N–H and O–H groups in total. The molecule has 0 aromatic carbocycles. The SMILES string of the molecule is NC(=O)CC1(O)CCCCC1. The van der Waals surface area contributed by atoms with Gasteiger partial charge in [0.25, 0.3) is 0 Å². The van der Waals surface area contributed by atoms with Crippen molar-refractivity contribution in [1.29, 1.82) is 0 Å². The summed E-state index contributed by atoms with van der Waals surface area (Å²) in [5.41, 5.74) is 4.24. The van der Waals surface area contributed by atoms with Crippen molar-refractivity contribution in [1.82, 2.24) is 0 Å². The molecule has 0 aliphatic heterocycles. The Hall–Kier alpha value is -0.570. The maximum Gasteiger partial charge on any atom is 0.220 e. The molecule has 0 heterocycles. The standard InChI is InChI=1S/C8H15NO2/c9-7(10)6-8(11)4-2-1-3-5-8/h11H,1-6H2,(H2,9,10). The van der Waals surface area contributed by atoms with Crippen LogP contribution < -0.4 is 5.73 Å². The number of carbonyl (C=O) groups excluding carboxylic acids is 1. The van der Waals surface area contributed by atoms with E-state index in [2.05, 4.69) is 0 Å². The number of nitrogens with two attached hydrogens (primary N) is 1. The summed E-state index contributed by atoms with van der Waals surface area (Å²) in [6.07, 6.45) is 4.80. The Morgan fingerprint density at radius 1 is 1.36 bits per heavy atom. The van der Waals surface area contributed by atoms with Gasteiger partial charge in [-0.3, -0.25) is 4.79 Å². The minimum atomic E-state index is -0.774. The van der Waals surface area contributed by atoms with Crippen molar-refractivity contribution in [3.8, 4) is 0 Å². The summed E-state index contributed by atoms with van der Waals surface area (Å²) >= 11 is 0. The first kappa shape index (κ1) is 8.53. The van der Waals surface area contributed by atoms with Gasteiger partial charge in [0.2, 0.25) is 5.91 Å². The second-order valence-electron chi connectivity index (χ2n) is 3.43. The Morgan fingerprint density at radius 2 is 1.91 bits per heavy atom. The minimum Gasteiger partial charge on any atom is -0.389 e. The van der Waals surface area contributed by atoms with Crippen LogP contribution in [0.5, 0.6) is 0 Å². The van der Waals surface area contributed by atoms with Crippen LogP contribution in [0, 0.1) is 0 Å². The Morgan fingerprint density at radius 3 is 2.36 bits per heavy atom. The van der Waals surface area contributed by atoms with Crippen LogP contribution >= 0.6 is 0 Å². The Balaban J connectivity index is 2.43. The number of hydrogen-bond donors (Lipinski definition) is 2. The van der Waals surface area contributed by atoms with E-state index in [0.717, 1.165) is 25.7 Å². The second-order valence-corrected chi connectivity index (χ2v) is 3.43. The molecular weight excluding hydrogens is 142 g/mol. The molecule has 0 aromatic heterocycles. The predicted molar refractivity (Wildman–Crippen MR) is 41.8 cm³/mol. The lowest BCUT2D eigenvalue weighted by Crippen LogP contribution is -2.36. The summed E-state index contributed by atoms with van der Waals surface area (Å²) in [5, 5.41) is 9.74. The summed E-state index contributed by atoms with van der Waals surface area (Å²) in [7, 11) is 0. The van der Waals surface area contributed by atoms with Gasteiger partial charge in [-0.2, -0.15) is 0 Å². The zero-order chi connectivity index (χ0) is 8.32. The molecule has 0 aromatic rings. The van der Waals surface area contributed by atoms with Crippen LogP contribution in [0.1, 0.15) is 38.5 Å². The fourth-order valence-corrected chi connectivity index (χ4v) is 1.71. The van der Waals surface area contributed by atoms with E-state index in [1.54, 1.807) is 0 Å². The molecule has 0 radical (unpaired) electrons. The van der Waals surface area contributed by atoms with E-state index in [-0.39, 0.29) is 6.42 Å². The first-order valence-corrected chi connectivity index (χ1v) is 4.13. The number of carbonyl (C=O) groups is 1. The van der Waals surface area contributed by atoms with Crippen LogP contribution in [0.15, 0.2) is 0 Å². The number of hydrogen-bond acceptors (Lipinski definition) is 2. The van der Waals surface area contributed by atoms with E-state index >= 15 is 0 Å². The van der Waals surface area contributed by atoms with Crippen molar-refractivity contribution < 1.29 is 9.90 Å². The average Bonchev–Trinajstić information content (AvgIpc) is 1.85. The van der Waals surface area contributed by atoms with Gasteiger partial charge in [-0.1, -0.05) is 19.3 Å². The van der Waals surface area contributed by atoms with E-state index in [9.17, 15) is 9.90 Å². The monoisotopic (exact) mass is 157 g/mol. The molecule has 3 heteroatoms. The van der Waals surface area contributed by atoms with Gasteiger partial charge in [-0.05, 0) is 12.8 Å². The van der Waals surface area contributed by atoms with Gasteiger partial charge >= 0.3 is 0 Å². The van der Waals surface area contributed by atoms with Gasteiger partial charge in [-0.15, -0.1) is 0 Å². The molecule has 0 unspecified atom stereocenters. The highest BCUT2D eigenvalue weighted by atomic mass is 16.3. The van der Waals surface area contributed by atoms with Gasteiger partial charge in [0.1, 0.15) is 0 Å². The van der Waals surface area contributed by atoms with E-state index in [1.807, 2.05) is 0 Å². The number of primary amides is 1. The Kier molecular flexibility index (Phi) is 2.49. The van der Waals surface area contributed by atoms with E-state index in [4.69, 9.17) is 5.73 Å². The van der Waals surface area contributed by atoms with Gasteiger partial charge < -0.3 is 10.8 Å². The van der Waals surface area contributed by atoms with E-state index in [0.29, 0.717) is 0 Å².